The number of thioether (sulfide) groups is 1. The van der Waals surface area contributed by atoms with Crippen LogP contribution in [0.5, 0.6) is 0 Å². The first-order valence-corrected chi connectivity index (χ1v) is 7.58. The monoisotopic (exact) mass is 228 g/mol. The Bertz CT molecular complexity index is 198. The Labute approximate surface area is 98.2 Å². The van der Waals surface area contributed by atoms with E-state index in [9.17, 15) is 0 Å². The van der Waals surface area contributed by atoms with Gasteiger partial charge in [-0.15, -0.1) is 0 Å². The van der Waals surface area contributed by atoms with Gasteiger partial charge in [0.25, 0.3) is 0 Å². The van der Waals surface area contributed by atoms with Crippen molar-refractivity contribution < 1.29 is 0 Å². The lowest BCUT2D eigenvalue weighted by molar-refractivity contribution is 0.121. The highest BCUT2D eigenvalue weighted by Crippen LogP contribution is 2.30. The first-order chi connectivity index (χ1) is 7.29. The number of nitrogens with zero attached hydrogens (tertiary/aromatic N) is 1. The molecule has 0 aromatic heterocycles. The minimum absolute atomic E-state index is 0.688. The Balaban J connectivity index is 1.86. The maximum Gasteiger partial charge on any atom is 0.0167 e. The molecule has 0 bridgehead atoms. The standard InChI is InChI=1S/C12H24N2S/c1-10-9-14(7-6-13-10)11-4-3-5-12(8-11)15-2/h10-13H,3-9H2,1-2H3. The normalized spacial score (nSPS) is 39.2. The fourth-order valence-electron chi connectivity index (χ4n) is 2.96. The molecule has 2 fully saturated rings. The summed E-state index contributed by atoms with van der Waals surface area (Å²) in [6.45, 7) is 6.00. The van der Waals surface area contributed by atoms with Crippen molar-refractivity contribution in [3.05, 3.63) is 0 Å². The number of hydrogen-bond acceptors (Lipinski definition) is 3. The van der Waals surface area contributed by atoms with Crippen molar-refractivity contribution in [2.45, 2.75) is 49.9 Å². The van der Waals surface area contributed by atoms with E-state index < -0.39 is 0 Å². The van der Waals surface area contributed by atoms with E-state index in [1.807, 2.05) is 0 Å². The van der Waals surface area contributed by atoms with Gasteiger partial charge < -0.3 is 5.32 Å². The summed E-state index contributed by atoms with van der Waals surface area (Å²) in [4.78, 5) is 2.73. The van der Waals surface area contributed by atoms with E-state index in [1.54, 1.807) is 0 Å². The van der Waals surface area contributed by atoms with Gasteiger partial charge in [0.15, 0.2) is 0 Å². The lowest BCUT2D eigenvalue weighted by Gasteiger charge is -2.41. The predicted octanol–water partition coefficient (Wildman–Crippen LogP) is 1.95. The van der Waals surface area contributed by atoms with Crippen LogP contribution in [0.25, 0.3) is 0 Å². The van der Waals surface area contributed by atoms with Gasteiger partial charge in [0.1, 0.15) is 0 Å². The number of rotatable bonds is 2. The van der Waals surface area contributed by atoms with Crippen LogP contribution < -0.4 is 5.32 Å². The number of piperazine rings is 1. The zero-order chi connectivity index (χ0) is 10.7. The lowest BCUT2D eigenvalue weighted by Crippen LogP contribution is -2.53. The molecule has 88 valence electrons. The van der Waals surface area contributed by atoms with Crippen molar-refractivity contribution in [1.29, 1.82) is 0 Å². The van der Waals surface area contributed by atoms with Gasteiger partial charge in [0, 0.05) is 37.0 Å². The van der Waals surface area contributed by atoms with Gasteiger partial charge in [-0.1, -0.05) is 6.42 Å². The molecule has 3 atom stereocenters. The van der Waals surface area contributed by atoms with E-state index in [-0.39, 0.29) is 0 Å². The number of nitrogens with one attached hydrogen (secondary N) is 1. The fourth-order valence-corrected chi connectivity index (χ4v) is 3.78. The van der Waals surface area contributed by atoms with Crippen LogP contribution in [0.4, 0.5) is 0 Å². The van der Waals surface area contributed by atoms with E-state index in [1.165, 1.54) is 45.3 Å². The quantitative estimate of drug-likeness (QED) is 0.778. The molecule has 1 heterocycles. The van der Waals surface area contributed by atoms with E-state index in [0.29, 0.717) is 6.04 Å². The van der Waals surface area contributed by atoms with Crippen LogP contribution in [0.15, 0.2) is 0 Å². The first-order valence-electron chi connectivity index (χ1n) is 6.30. The van der Waals surface area contributed by atoms with Crippen molar-refractivity contribution in [2.75, 3.05) is 25.9 Å². The van der Waals surface area contributed by atoms with Gasteiger partial charge in [-0.3, -0.25) is 4.90 Å². The molecule has 0 aromatic carbocycles. The Hall–Kier alpha value is 0.270. The van der Waals surface area contributed by atoms with Gasteiger partial charge >= 0.3 is 0 Å². The highest BCUT2D eigenvalue weighted by atomic mass is 32.2. The van der Waals surface area contributed by atoms with E-state index in [4.69, 9.17) is 0 Å². The highest BCUT2D eigenvalue weighted by molar-refractivity contribution is 7.99. The van der Waals surface area contributed by atoms with Crippen molar-refractivity contribution in [3.8, 4) is 0 Å². The first kappa shape index (κ1) is 11.7. The molecule has 0 spiro atoms. The summed E-state index contributed by atoms with van der Waals surface area (Å²) < 4.78 is 0. The molecule has 1 aliphatic carbocycles. The third-order valence-corrected chi connectivity index (χ3v) is 4.94. The lowest BCUT2D eigenvalue weighted by atomic mass is 9.93. The van der Waals surface area contributed by atoms with Gasteiger partial charge in [-0.25, -0.2) is 0 Å². The largest absolute Gasteiger partial charge is 0.312 e. The maximum absolute atomic E-state index is 3.53. The van der Waals surface area contributed by atoms with Crippen molar-refractivity contribution >= 4 is 11.8 Å². The minimum Gasteiger partial charge on any atom is -0.312 e. The molecule has 3 unspecified atom stereocenters. The third kappa shape index (κ3) is 3.11. The molecule has 1 N–H and O–H groups in total. The molecule has 2 nitrogen and oxygen atoms in total. The summed E-state index contributed by atoms with van der Waals surface area (Å²) in [6.07, 6.45) is 8.01. The van der Waals surface area contributed by atoms with Crippen LogP contribution in [0.2, 0.25) is 0 Å². The zero-order valence-electron chi connectivity index (χ0n) is 10.0. The topological polar surface area (TPSA) is 15.3 Å². The second-order valence-corrected chi connectivity index (χ2v) is 6.17. The molecule has 0 radical (unpaired) electrons. The van der Waals surface area contributed by atoms with E-state index >= 15 is 0 Å². The molecule has 0 aromatic rings. The van der Waals surface area contributed by atoms with Gasteiger partial charge in [0.05, 0.1) is 0 Å². The van der Waals surface area contributed by atoms with Crippen LogP contribution in [0, 0.1) is 0 Å². The predicted molar refractivity (Wildman–Crippen MR) is 68.6 cm³/mol. The molecule has 1 saturated heterocycles. The van der Waals surface area contributed by atoms with Crippen molar-refractivity contribution in [3.63, 3.8) is 0 Å². The average Bonchev–Trinajstić information content (AvgIpc) is 2.29. The minimum atomic E-state index is 0.688. The summed E-state index contributed by atoms with van der Waals surface area (Å²) in [7, 11) is 0. The summed E-state index contributed by atoms with van der Waals surface area (Å²) in [6, 6.07) is 1.56. The van der Waals surface area contributed by atoms with Crippen LogP contribution >= 0.6 is 11.8 Å². The SMILES string of the molecule is CSC1CCCC(N2CCNC(C)C2)C1. The van der Waals surface area contributed by atoms with Crippen LogP contribution in [-0.2, 0) is 0 Å². The molecular weight excluding hydrogens is 204 g/mol. The van der Waals surface area contributed by atoms with E-state index in [0.717, 1.165) is 11.3 Å². The summed E-state index contributed by atoms with van der Waals surface area (Å²) >= 11 is 2.07. The molecular formula is C12H24N2S. The van der Waals surface area contributed by atoms with Crippen LogP contribution in [-0.4, -0.2) is 48.1 Å². The smallest absolute Gasteiger partial charge is 0.0167 e. The second kappa shape index (κ2) is 5.55. The molecule has 3 heteroatoms. The van der Waals surface area contributed by atoms with Crippen LogP contribution in [0.3, 0.4) is 0 Å². The molecule has 1 aliphatic heterocycles. The van der Waals surface area contributed by atoms with Crippen molar-refractivity contribution in [2.24, 2.45) is 0 Å². The molecule has 2 aliphatic rings. The molecule has 1 saturated carbocycles. The van der Waals surface area contributed by atoms with Crippen LogP contribution in [0.1, 0.15) is 32.6 Å². The van der Waals surface area contributed by atoms with Gasteiger partial charge in [-0.2, -0.15) is 11.8 Å². The summed E-state index contributed by atoms with van der Waals surface area (Å²) in [5.41, 5.74) is 0. The second-order valence-electron chi connectivity index (χ2n) is 5.03. The zero-order valence-corrected chi connectivity index (χ0v) is 10.9. The highest BCUT2D eigenvalue weighted by Gasteiger charge is 2.28. The maximum atomic E-state index is 3.53. The van der Waals surface area contributed by atoms with Gasteiger partial charge in [-0.05, 0) is 32.4 Å². The Kier molecular flexibility index (Phi) is 4.35. The average molecular weight is 228 g/mol. The Morgan fingerprint density at radius 3 is 2.93 bits per heavy atom. The van der Waals surface area contributed by atoms with E-state index in [2.05, 4.69) is 35.2 Å². The van der Waals surface area contributed by atoms with Crippen molar-refractivity contribution in [1.82, 2.24) is 10.2 Å². The third-order valence-electron chi connectivity index (χ3n) is 3.85. The molecule has 15 heavy (non-hydrogen) atoms. The Morgan fingerprint density at radius 2 is 2.20 bits per heavy atom. The Morgan fingerprint density at radius 1 is 1.33 bits per heavy atom. The summed E-state index contributed by atoms with van der Waals surface area (Å²) in [5, 5.41) is 4.45. The molecule has 2 rings (SSSR count). The molecule has 0 amide bonds. The van der Waals surface area contributed by atoms with Gasteiger partial charge in [0.2, 0.25) is 0 Å². The summed E-state index contributed by atoms with van der Waals surface area (Å²) in [5.74, 6) is 0. The number of hydrogen-bond donors (Lipinski definition) is 1. The fraction of sp³-hybridized carbons (Fsp3) is 1.00.